The fraction of sp³-hybridized carbons (Fsp3) is 0.111. The molecule has 7 nitrogen and oxygen atoms in total. The van der Waals surface area contributed by atoms with E-state index in [1.165, 1.54) is 30.5 Å². The van der Waals surface area contributed by atoms with Gasteiger partial charge in [-0.1, -0.05) is 17.7 Å². The fourth-order valence-electron chi connectivity index (χ4n) is 3.95. The van der Waals surface area contributed by atoms with E-state index < -0.39 is 5.82 Å². The summed E-state index contributed by atoms with van der Waals surface area (Å²) in [5.41, 5.74) is 0.975. The maximum absolute atomic E-state index is 14.9. The van der Waals surface area contributed by atoms with Gasteiger partial charge in [0.1, 0.15) is 22.7 Å². The van der Waals surface area contributed by atoms with E-state index in [1.807, 2.05) is 6.07 Å². The predicted molar refractivity (Wildman–Crippen MR) is 136 cm³/mol. The van der Waals surface area contributed by atoms with Crippen LogP contribution in [-0.4, -0.2) is 14.5 Å². The Morgan fingerprint density at radius 3 is 2.68 bits per heavy atom. The van der Waals surface area contributed by atoms with Crippen LogP contribution in [0.1, 0.15) is 18.5 Å². The lowest BCUT2D eigenvalue weighted by atomic mass is 10.0. The number of hydrogen-bond acceptors (Lipinski definition) is 6. The van der Waals surface area contributed by atoms with Gasteiger partial charge in [0.2, 0.25) is 0 Å². The number of hydrogen-bond donors (Lipinski definition) is 1. The standard InChI is InChI=1S/C27H18ClF2N5O2/c28-25-21(14-31)32-11-8-23(25)37-22-6-5-19(13-20(22)30)34-26-24-17(7-10-33-26)9-12-35(27(24)36)15-16-1-3-18(29)4-2-16/h1,3,5-13H,2,4,15H2,(H,33,34). The maximum atomic E-state index is 14.9. The molecule has 3 heterocycles. The minimum atomic E-state index is -0.696. The molecule has 0 fully saturated rings. The first kappa shape index (κ1) is 24.2. The number of nitrogens with one attached hydrogen (secondary N) is 1. The molecule has 1 aliphatic carbocycles. The summed E-state index contributed by atoms with van der Waals surface area (Å²) < 4.78 is 35.3. The van der Waals surface area contributed by atoms with Crippen LogP contribution >= 0.6 is 11.6 Å². The molecule has 0 saturated heterocycles. The van der Waals surface area contributed by atoms with Crippen molar-refractivity contribution in [1.82, 2.24) is 14.5 Å². The number of fused-ring (bicyclic) bond motifs is 1. The van der Waals surface area contributed by atoms with Crippen molar-refractivity contribution in [2.45, 2.75) is 19.4 Å². The summed E-state index contributed by atoms with van der Waals surface area (Å²) in [5, 5.41) is 13.1. The van der Waals surface area contributed by atoms with Gasteiger partial charge in [-0.3, -0.25) is 4.79 Å². The molecule has 0 saturated carbocycles. The molecule has 0 radical (unpaired) electrons. The van der Waals surface area contributed by atoms with Gasteiger partial charge in [0.05, 0.1) is 5.39 Å². The molecule has 1 aliphatic rings. The average Bonchev–Trinajstić information content (AvgIpc) is 2.89. The van der Waals surface area contributed by atoms with Crippen molar-refractivity contribution in [3.63, 3.8) is 0 Å². The smallest absolute Gasteiger partial charge is 0.262 e. The number of aromatic nitrogens is 3. The summed E-state index contributed by atoms with van der Waals surface area (Å²) in [6.45, 7) is 0.332. The number of nitrogens with zero attached hydrogens (tertiary/aromatic N) is 4. The Hall–Kier alpha value is -4.55. The van der Waals surface area contributed by atoms with Crippen molar-refractivity contribution in [1.29, 1.82) is 5.26 Å². The third-order valence-electron chi connectivity index (χ3n) is 5.82. The quantitative estimate of drug-likeness (QED) is 0.311. The molecular formula is C27H18ClF2N5O2. The second-order valence-corrected chi connectivity index (χ2v) is 8.64. The van der Waals surface area contributed by atoms with Gasteiger partial charge in [0, 0.05) is 49.4 Å². The molecule has 5 rings (SSSR count). The molecule has 0 bridgehead atoms. The largest absolute Gasteiger partial charge is 0.453 e. The zero-order valence-electron chi connectivity index (χ0n) is 19.2. The van der Waals surface area contributed by atoms with Gasteiger partial charge < -0.3 is 14.6 Å². The van der Waals surface area contributed by atoms with Crippen molar-refractivity contribution >= 4 is 33.9 Å². The first-order valence-electron chi connectivity index (χ1n) is 11.2. The van der Waals surface area contributed by atoms with Crippen molar-refractivity contribution in [3.05, 3.63) is 105 Å². The molecule has 0 unspecified atom stereocenters. The zero-order chi connectivity index (χ0) is 25.9. The van der Waals surface area contributed by atoms with Gasteiger partial charge in [-0.15, -0.1) is 0 Å². The zero-order valence-corrected chi connectivity index (χ0v) is 20.0. The van der Waals surface area contributed by atoms with E-state index in [9.17, 15) is 13.6 Å². The van der Waals surface area contributed by atoms with Crippen molar-refractivity contribution in [3.8, 4) is 17.6 Å². The van der Waals surface area contributed by atoms with Crippen LogP contribution in [0.25, 0.3) is 10.8 Å². The second-order valence-electron chi connectivity index (χ2n) is 8.27. The lowest BCUT2D eigenvalue weighted by molar-refractivity contribution is 0.442. The van der Waals surface area contributed by atoms with Crippen LogP contribution in [0.3, 0.4) is 0 Å². The Kier molecular flexibility index (Phi) is 6.66. The van der Waals surface area contributed by atoms with E-state index in [1.54, 1.807) is 41.2 Å². The van der Waals surface area contributed by atoms with E-state index in [0.717, 1.165) is 5.57 Å². The topological polar surface area (TPSA) is 92.8 Å². The van der Waals surface area contributed by atoms with E-state index in [2.05, 4.69) is 15.3 Å². The van der Waals surface area contributed by atoms with Gasteiger partial charge >= 0.3 is 0 Å². The molecule has 0 amide bonds. The van der Waals surface area contributed by atoms with Gasteiger partial charge in [0.25, 0.3) is 5.56 Å². The lowest BCUT2D eigenvalue weighted by Crippen LogP contribution is -2.21. The summed E-state index contributed by atoms with van der Waals surface area (Å²) >= 11 is 6.09. The molecule has 1 aromatic carbocycles. The Balaban J connectivity index is 1.43. The Labute approximate surface area is 214 Å². The summed E-state index contributed by atoms with van der Waals surface area (Å²) in [5.74, 6) is -0.620. The minimum Gasteiger partial charge on any atom is -0.453 e. The van der Waals surface area contributed by atoms with E-state index in [-0.39, 0.29) is 39.4 Å². The average molecular weight is 518 g/mol. The van der Waals surface area contributed by atoms with E-state index >= 15 is 0 Å². The summed E-state index contributed by atoms with van der Waals surface area (Å²) in [6, 6.07) is 10.9. The molecule has 0 atom stereocenters. The third-order valence-corrected chi connectivity index (χ3v) is 6.19. The first-order chi connectivity index (χ1) is 17.9. The molecule has 0 aliphatic heterocycles. The van der Waals surface area contributed by atoms with Crippen LogP contribution < -0.4 is 15.6 Å². The normalized spacial score (nSPS) is 13.0. The number of rotatable bonds is 6. The van der Waals surface area contributed by atoms with E-state index in [4.69, 9.17) is 21.6 Å². The number of halogens is 3. The maximum Gasteiger partial charge on any atom is 0.262 e. The molecule has 37 heavy (non-hydrogen) atoms. The van der Waals surface area contributed by atoms with Crippen LogP contribution in [-0.2, 0) is 6.54 Å². The predicted octanol–water partition coefficient (Wildman–Crippen LogP) is 6.57. The number of allylic oxidation sites excluding steroid dienone is 4. The van der Waals surface area contributed by atoms with Gasteiger partial charge in [-0.2, -0.15) is 5.26 Å². The number of ether oxygens (including phenoxy) is 1. The van der Waals surface area contributed by atoms with Crippen molar-refractivity contribution < 1.29 is 13.5 Å². The Morgan fingerprint density at radius 1 is 1.08 bits per heavy atom. The Morgan fingerprint density at radius 2 is 1.92 bits per heavy atom. The van der Waals surface area contributed by atoms with Crippen LogP contribution in [0.4, 0.5) is 20.3 Å². The van der Waals surface area contributed by atoms with Gasteiger partial charge in [-0.25, -0.2) is 18.7 Å². The van der Waals surface area contributed by atoms with Crippen molar-refractivity contribution in [2.24, 2.45) is 0 Å². The highest BCUT2D eigenvalue weighted by Crippen LogP contribution is 2.33. The Bertz CT molecular complexity index is 1690. The summed E-state index contributed by atoms with van der Waals surface area (Å²) in [7, 11) is 0. The molecule has 184 valence electrons. The second kappa shape index (κ2) is 10.2. The molecule has 10 heteroatoms. The fourth-order valence-corrected chi connectivity index (χ4v) is 4.14. The monoisotopic (exact) mass is 517 g/mol. The summed E-state index contributed by atoms with van der Waals surface area (Å²) in [6.07, 6.45) is 8.57. The first-order valence-corrected chi connectivity index (χ1v) is 11.6. The molecule has 1 N–H and O–H groups in total. The highest BCUT2D eigenvalue weighted by atomic mass is 35.5. The van der Waals surface area contributed by atoms with Crippen LogP contribution in [0.2, 0.25) is 5.02 Å². The molecule has 3 aromatic heterocycles. The highest BCUT2D eigenvalue weighted by molar-refractivity contribution is 6.33. The number of anilines is 2. The summed E-state index contributed by atoms with van der Waals surface area (Å²) in [4.78, 5) is 21.4. The molecular weight excluding hydrogens is 500 g/mol. The van der Waals surface area contributed by atoms with Gasteiger partial charge in [0.15, 0.2) is 23.0 Å². The molecule has 4 aromatic rings. The minimum absolute atomic E-state index is 0.0204. The third kappa shape index (κ3) is 5.06. The number of pyridine rings is 3. The highest BCUT2D eigenvalue weighted by Gasteiger charge is 2.15. The number of benzene rings is 1. The van der Waals surface area contributed by atoms with Crippen molar-refractivity contribution in [2.75, 3.05) is 5.32 Å². The SMILES string of the molecule is N#Cc1nccc(Oc2ccc(Nc3nccc4ccn(CC5=CC=C(F)CC5)c(=O)c34)cc2F)c1Cl. The van der Waals surface area contributed by atoms with Crippen LogP contribution in [0.15, 0.2) is 83.3 Å². The van der Waals surface area contributed by atoms with E-state index in [0.29, 0.717) is 35.8 Å². The lowest BCUT2D eigenvalue weighted by Gasteiger charge is -2.14. The van der Waals surface area contributed by atoms with Crippen LogP contribution in [0, 0.1) is 17.1 Å². The van der Waals surface area contributed by atoms with Crippen LogP contribution in [0.5, 0.6) is 11.5 Å². The molecule has 0 spiro atoms. The number of nitriles is 1. The van der Waals surface area contributed by atoms with Gasteiger partial charge in [-0.05, 0) is 47.7 Å².